The van der Waals surface area contributed by atoms with E-state index in [2.05, 4.69) is 5.32 Å². The maximum absolute atomic E-state index is 13.3. The minimum Gasteiger partial charge on any atom is -0.465 e. The van der Waals surface area contributed by atoms with Gasteiger partial charge in [0.2, 0.25) is 0 Å². The Labute approximate surface area is 106 Å². The van der Waals surface area contributed by atoms with E-state index in [0.717, 1.165) is 31.5 Å². The van der Waals surface area contributed by atoms with Gasteiger partial charge in [0.25, 0.3) is 0 Å². The molecule has 1 N–H and O–H groups in total. The average Bonchev–Trinajstić information content (AvgIpc) is 2.40. The Bertz CT molecular complexity index is 474. The molecule has 0 unspecified atom stereocenters. The zero-order valence-electron chi connectivity index (χ0n) is 10.3. The van der Waals surface area contributed by atoms with Gasteiger partial charge in [-0.1, -0.05) is 12.1 Å². The normalized spacial score (nSPS) is 17.9. The van der Waals surface area contributed by atoms with E-state index in [1.54, 1.807) is 12.1 Å². The molecule has 0 atom stereocenters. The van der Waals surface area contributed by atoms with E-state index in [9.17, 15) is 9.18 Å². The van der Waals surface area contributed by atoms with Crippen molar-refractivity contribution in [1.82, 2.24) is 5.32 Å². The molecule has 1 heterocycles. The van der Waals surface area contributed by atoms with Crippen molar-refractivity contribution in [2.75, 3.05) is 13.7 Å². The molecule has 0 spiro atoms. The van der Waals surface area contributed by atoms with Crippen molar-refractivity contribution in [3.8, 4) is 0 Å². The highest BCUT2D eigenvalue weighted by molar-refractivity contribution is 6.17. The van der Waals surface area contributed by atoms with Crippen LogP contribution in [0, 0.1) is 5.82 Å². The number of hydrogen-bond acceptors (Lipinski definition) is 3. The second-order valence-electron chi connectivity index (χ2n) is 4.24. The first kappa shape index (κ1) is 12.6. The van der Waals surface area contributed by atoms with E-state index >= 15 is 0 Å². The molecular weight excluding hydrogens is 233 g/mol. The maximum Gasteiger partial charge on any atom is 0.340 e. The van der Waals surface area contributed by atoms with E-state index < -0.39 is 5.97 Å². The number of ether oxygens (including phenoxy) is 1. The molecule has 0 radical (unpaired) electrons. The van der Waals surface area contributed by atoms with Crippen molar-refractivity contribution >= 4 is 11.5 Å². The van der Waals surface area contributed by atoms with Gasteiger partial charge >= 0.3 is 5.97 Å². The molecule has 1 fully saturated rings. The Morgan fingerprint density at radius 1 is 1.39 bits per heavy atom. The second-order valence-corrected chi connectivity index (χ2v) is 4.24. The molecule has 1 aromatic carbocycles. The van der Waals surface area contributed by atoms with Crippen LogP contribution in [0.15, 0.2) is 30.0 Å². The fraction of sp³-hybridized carbons (Fsp3) is 0.357. The zero-order chi connectivity index (χ0) is 13.0. The molecule has 1 aromatic rings. The van der Waals surface area contributed by atoms with Crippen LogP contribution in [0.4, 0.5) is 4.39 Å². The van der Waals surface area contributed by atoms with Gasteiger partial charge in [-0.2, -0.15) is 0 Å². The van der Waals surface area contributed by atoms with Gasteiger partial charge in [-0.05, 0) is 37.0 Å². The van der Waals surface area contributed by atoms with E-state index in [0.29, 0.717) is 11.1 Å². The van der Waals surface area contributed by atoms with Crippen molar-refractivity contribution in [3.05, 3.63) is 41.3 Å². The number of piperidine rings is 1. The number of carbonyl (C=O) groups is 1. The summed E-state index contributed by atoms with van der Waals surface area (Å²) < 4.78 is 18.1. The van der Waals surface area contributed by atoms with Crippen LogP contribution in [-0.4, -0.2) is 19.6 Å². The van der Waals surface area contributed by atoms with Crippen LogP contribution in [0.5, 0.6) is 0 Å². The molecule has 0 saturated carbocycles. The number of carbonyl (C=O) groups excluding carboxylic acids is 1. The first-order chi connectivity index (χ1) is 8.72. The number of rotatable bonds is 2. The molecule has 0 aromatic heterocycles. The summed E-state index contributed by atoms with van der Waals surface area (Å²) in [6, 6.07) is 6.03. The van der Waals surface area contributed by atoms with Crippen LogP contribution in [0.3, 0.4) is 0 Å². The van der Waals surface area contributed by atoms with Crippen molar-refractivity contribution in [3.63, 3.8) is 0 Å². The lowest BCUT2D eigenvalue weighted by Crippen LogP contribution is -2.23. The molecule has 18 heavy (non-hydrogen) atoms. The second kappa shape index (κ2) is 5.67. The molecule has 1 saturated heterocycles. The largest absolute Gasteiger partial charge is 0.465 e. The van der Waals surface area contributed by atoms with E-state index in [4.69, 9.17) is 4.74 Å². The highest BCUT2D eigenvalue weighted by atomic mass is 19.1. The number of halogens is 1. The minimum atomic E-state index is -0.426. The number of hydrogen-bond donors (Lipinski definition) is 1. The van der Waals surface area contributed by atoms with Crippen LogP contribution in [-0.2, 0) is 9.53 Å². The molecule has 1 aliphatic rings. The molecule has 0 bridgehead atoms. The lowest BCUT2D eigenvalue weighted by Gasteiger charge is -2.20. The third kappa shape index (κ3) is 2.70. The van der Waals surface area contributed by atoms with Crippen molar-refractivity contribution in [2.24, 2.45) is 0 Å². The third-order valence-electron chi connectivity index (χ3n) is 3.00. The van der Waals surface area contributed by atoms with Crippen molar-refractivity contribution in [1.29, 1.82) is 0 Å². The molecule has 1 aliphatic heterocycles. The summed E-state index contributed by atoms with van der Waals surface area (Å²) in [7, 11) is 1.34. The van der Waals surface area contributed by atoms with Gasteiger partial charge in [0.15, 0.2) is 0 Å². The van der Waals surface area contributed by atoms with Gasteiger partial charge in [0.05, 0.1) is 12.7 Å². The minimum absolute atomic E-state index is 0.356. The van der Waals surface area contributed by atoms with Gasteiger partial charge in [0.1, 0.15) is 5.82 Å². The predicted octanol–water partition coefficient (Wildman–Crippen LogP) is 2.48. The van der Waals surface area contributed by atoms with Crippen molar-refractivity contribution < 1.29 is 13.9 Å². The maximum atomic E-state index is 13.3. The van der Waals surface area contributed by atoms with E-state index in [1.807, 2.05) is 0 Å². The van der Waals surface area contributed by atoms with Crippen LogP contribution in [0.2, 0.25) is 0 Å². The summed E-state index contributed by atoms with van der Waals surface area (Å²) in [5.74, 6) is -0.782. The number of esters is 1. The summed E-state index contributed by atoms with van der Waals surface area (Å²) >= 11 is 0. The van der Waals surface area contributed by atoms with Gasteiger partial charge in [0, 0.05) is 12.2 Å². The van der Waals surface area contributed by atoms with Crippen LogP contribution in [0.25, 0.3) is 5.57 Å². The Hall–Kier alpha value is -1.84. The zero-order valence-corrected chi connectivity index (χ0v) is 10.3. The summed E-state index contributed by atoms with van der Waals surface area (Å²) in [5.41, 5.74) is 1.85. The standard InChI is InChI=1S/C14H16FNO2/c1-18-14(17)13(12-7-2-3-8-16-12)10-5-4-6-11(15)9-10/h4-6,9,16H,2-3,7-8H2,1H3/b13-12+. The number of methoxy groups -OCH3 is 1. The summed E-state index contributed by atoms with van der Waals surface area (Å²) in [6.07, 6.45) is 2.90. The monoisotopic (exact) mass is 249 g/mol. The molecule has 2 rings (SSSR count). The Morgan fingerprint density at radius 3 is 2.83 bits per heavy atom. The first-order valence-electron chi connectivity index (χ1n) is 6.03. The molecule has 0 amide bonds. The summed E-state index contributed by atoms with van der Waals surface area (Å²) in [5, 5.41) is 3.21. The fourth-order valence-corrected chi connectivity index (χ4v) is 2.13. The highest BCUT2D eigenvalue weighted by Gasteiger charge is 2.20. The SMILES string of the molecule is COC(=O)/C(=C1\CCCCN1)c1cccc(F)c1. The van der Waals surface area contributed by atoms with E-state index in [1.165, 1.54) is 19.2 Å². The van der Waals surface area contributed by atoms with Gasteiger partial charge in [-0.25, -0.2) is 9.18 Å². The highest BCUT2D eigenvalue weighted by Crippen LogP contribution is 2.24. The van der Waals surface area contributed by atoms with Gasteiger partial charge in [-0.15, -0.1) is 0 Å². The smallest absolute Gasteiger partial charge is 0.340 e. The third-order valence-corrected chi connectivity index (χ3v) is 3.00. The number of benzene rings is 1. The van der Waals surface area contributed by atoms with Gasteiger partial charge < -0.3 is 10.1 Å². The van der Waals surface area contributed by atoms with Crippen LogP contribution < -0.4 is 5.32 Å². The molecular formula is C14H16FNO2. The topological polar surface area (TPSA) is 38.3 Å². The van der Waals surface area contributed by atoms with Crippen LogP contribution in [0.1, 0.15) is 24.8 Å². The quantitative estimate of drug-likeness (QED) is 0.646. The van der Waals surface area contributed by atoms with Gasteiger partial charge in [-0.3, -0.25) is 0 Å². The van der Waals surface area contributed by atoms with E-state index in [-0.39, 0.29) is 5.82 Å². The Balaban J connectivity index is 2.45. The summed E-state index contributed by atoms with van der Waals surface area (Å²) in [4.78, 5) is 11.9. The molecule has 0 aliphatic carbocycles. The Kier molecular flexibility index (Phi) is 3.97. The fourth-order valence-electron chi connectivity index (χ4n) is 2.13. The molecule has 3 nitrogen and oxygen atoms in total. The lowest BCUT2D eigenvalue weighted by atomic mass is 9.98. The summed E-state index contributed by atoms with van der Waals surface area (Å²) in [6.45, 7) is 0.838. The predicted molar refractivity (Wildman–Crippen MR) is 67.2 cm³/mol. The molecule has 4 heteroatoms. The number of allylic oxidation sites excluding steroid dienone is 1. The molecule has 96 valence electrons. The first-order valence-corrected chi connectivity index (χ1v) is 6.03. The van der Waals surface area contributed by atoms with Crippen LogP contribution >= 0.6 is 0 Å². The lowest BCUT2D eigenvalue weighted by molar-refractivity contribution is -0.133. The number of nitrogens with one attached hydrogen (secondary N) is 1. The average molecular weight is 249 g/mol. The van der Waals surface area contributed by atoms with Crippen molar-refractivity contribution in [2.45, 2.75) is 19.3 Å². The Morgan fingerprint density at radius 2 is 2.22 bits per heavy atom.